The maximum atomic E-state index is 12.4. The standard InChI is InChI=1S/C18H26N2O/c1-14-3-5-16(6-4-14)13-18(21)20-11-9-19(10-12-20)15(2)17-7-8-17/h3-6,15,17H,7-13H2,1-2H3. The fraction of sp³-hybridized carbons (Fsp3) is 0.611. The van der Waals surface area contributed by atoms with Crippen LogP contribution in [0.5, 0.6) is 0 Å². The van der Waals surface area contributed by atoms with Crippen molar-refractivity contribution in [3.63, 3.8) is 0 Å². The number of nitrogens with zero attached hydrogens (tertiary/aromatic N) is 2. The van der Waals surface area contributed by atoms with Crippen LogP contribution in [-0.2, 0) is 11.2 Å². The van der Waals surface area contributed by atoms with Gasteiger partial charge in [-0.2, -0.15) is 0 Å². The van der Waals surface area contributed by atoms with Crippen LogP contribution in [0.1, 0.15) is 30.9 Å². The molecule has 0 aromatic heterocycles. The largest absolute Gasteiger partial charge is 0.340 e. The summed E-state index contributed by atoms with van der Waals surface area (Å²) in [5.74, 6) is 1.19. The van der Waals surface area contributed by atoms with Gasteiger partial charge < -0.3 is 4.90 Å². The Morgan fingerprint density at radius 1 is 1.14 bits per heavy atom. The molecule has 1 atom stereocenters. The molecule has 2 aliphatic rings. The van der Waals surface area contributed by atoms with Crippen molar-refractivity contribution in [2.24, 2.45) is 5.92 Å². The van der Waals surface area contributed by atoms with E-state index in [0.717, 1.165) is 37.7 Å². The van der Waals surface area contributed by atoms with Gasteiger partial charge in [0.1, 0.15) is 0 Å². The van der Waals surface area contributed by atoms with Crippen molar-refractivity contribution in [3.8, 4) is 0 Å². The van der Waals surface area contributed by atoms with E-state index >= 15 is 0 Å². The van der Waals surface area contributed by atoms with Crippen molar-refractivity contribution in [1.82, 2.24) is 9.80 Å². The second kappa shape index (κ2) is 6.18. The minimum Gasteiger partial charge on any atom is -0.340 e. The van der Waals surface area contributed by atoms with Gasteiger partial charge in [-0.3, -0.25) is 9.69 Å². The molecule has 1 aromatic rings. The molecule has 114 valence electrons. The zero-order chi connectivity index (χ0) is 14.8. The van der Waals surface area contributed by atoms with E-state index in [9.17, 15) is 4.79 Å². The third kappa shape index (κ3) is 3.65. The van der Waals surface area contributed by atoms with E-state index < -0.39 is 0 Å². The monoisotopic (exact) mass is 286 g/mol. The lowest BCUT2D eigenvalue weighted by Gasteiger charge is -2.38. The van der Waals surface area contributed by atoms with E-state index in [0.29, 0.717) is 12.5 Å². The van der Waals surface area contributed by atoms with E-state index in [1.165, 1.54) is 18.4 Å². The molecule has 1 heterocycles. The second-order valence-electron chi connectivity index (χ2n) is 6.66. The summed E-state index contributed by atoms with van der Waals surface area (Å²) in [4.78, 5) is 17.0. The molecule has 1 aliphatic heterocycles. The number of piperazine rings is 1. The Hall–Kier alpha value is -1.35. The molecule has 0 bridgehead atoms. The summed E-state index contributed by atoms with van der Waals surface area (Å²) < 4.78 is 0. The predicted octanol–water partition coefficient (Wildman–Crippen LogP) is 2.48. The molecule has 0 radical (unpaired) electrons. The van der Waals surface area contributed by atoms with Gasteiger partial charge in [0.25, 0.3) is 0 Å². The number of hydrogen-bond acceptors (Lipinski definition) is 2. The summed E-state index contributed by atoms with van der Waals surface area (Å²) in [6.45, 7) is 8.28. The van der Waals surface area contributed by atoms with Gasteiger partial charge in [-0.15, -0.1) is 0 Å². The maximum absolute atomic E-state index is 12.4. The van der Waals surface area contributed by atoms with Crippen LogP contribution in [0, 0.1) is 12.8 Å². The first-order valence-electron chi connectivity index (χ1n) is 8.21. The zero-order valence-electron chi connectivity index (χ0n) is 13.2. The molecule has 1 saturated carbocycles. The first kappa shape index (κ1) is 14.6. The van der Waals surface area contributed by atoms with Crippen LogP contribution >= 0.6 is 0 Å². The van der Waals surface area contributed by atoms with Gasteiger partial charge in [0.2, 0.25) is 5.91 Å². The summed E-state index contributed by atoms with van der Waals surface area (Å²) in [5, 5.41) is 0. The van der Waals surface area contributed by atoms with Crippen LogP contribution in [0.4, 0.5) is 0 Å². The van der Waals surface area contributed by atoms with Crippen LogP contribution in [0.2, 0.25) is 0 Å². The summed E-state index contributed by atoms with van der Waals surface area (Å²) in [5.41, 5.74) is 2.37. The summed E-state index contributed by atoms with van der Waals surface area (Å²) in [6, 6.07) is 9.01. The Labute approximate surface area is 127 Å². The first-order chi connectivity index (χ1) is 10.1. The highest BCUT2D eigenvalue weighted by molar-refractivity contribution is 5.78. The van der Waals surface area contributed by atoms with Crippen molar-refractivity contribution in [1.29, 1.82) is 0 Å². The lowest BCUT2D eigenvalue weighted by Crippen LogP contribution is -2.52. The second-order valence-corrected chi connectivity index (χ2v) is 6.66. The zero-order valence-corrected chi connectivity index (χ0v) is 13.2. The first-order valence-corrected chi connectivity index (χ1v) is 8.21. The molecule has 1 aliphatic carbocycles. The Balaban J connectivity index is 1.49. The van der Waals surface area contributed by atoms with Crippen molar-refractivity contribution in [3.05, 3.63) is 35.4 Å². The van der Waals surface area contributed by atoms with Crippen molar-refractivity contribution in [2.75, 3.05) is 26.2 Å². The SMILES string of the molecule is Cc1ccc(CC(=O)N2CCN(C(C)C3CC3)CC2)cc1. The molecule has 3 heteroatoms. The van der Waals surface area contributed by atoms with Gasteiger partial charge in [-0.1, -0.05) is 29.8 Å². The number of amides is 1. The number of hydrogen-bond donors (Lipinski definition) is 0. The van der Waals surface area contributed by atoms with E-state index in [-0.39, 0.29) is 5.91 Å². The normalized spacial score (nSPS) is 21.3. The van der Waals surface area contributed by atoms with Gasteiger partial charge in [0, 0.05) is 32.2 Å². The van der Waals surface area contributed by atoms with Gasteiger partial charge >= 0.3 is 0 Å². The third-order valence-corrected chi connectivity index (χ3v) is 5.02. The lowest BCUT2D eigenvalue weighted by atomic mass is 10.1. The molecule has 1 aromatic carbocycles. The van der Waals surface area contributed by atoms with E-state index in [1.54, 1.807) is 0 Å². The Morgan fingerprint density at radius 2 is 1.76 bits per heavy atom. The summed E-state index contributed by atoms with van der Waals surface area (Å²) in [7, 11) is 0. The fourth-order valence-electron chi connectivity index (χ4n) is 3.25. The Bertz CT molecular complexity index is 484. The van der Waals surface area contributed by atoms with Crippen LogP contribution in [0.15, 0.2) is 24.3 Å². The highest BCUT2D eigenvalue weighted by Gasteiger charge is 2.33. The van der Waals surface area contributed by atoms with Crippen LogP contribution in [0.25, 0.3) is 0 Å². The van der Waals surface area contributed by atoms with E-state index in [2.05, 4.69) is 43.0 Å². The minimum atomic E-state index is 0.276. The lowest BCUT2D eigenvalue weighted by molar-refractivity contribution is -0.132. The van der Waals surface area contributed by atoms with Crippen molar-refractivity contribution in [2.45, 2.75) is 39.2 Å². The highest BCUT2D eigenvalue weighted by atomic mass is 16.2. The molecular formula is C18H26N2O. The number of carbonyl (C=O) groups is 1. The number of benzene rings is 1. The highest BCUT2D eigenvalue weighted by Crippen LogP contribution is 2.35. The molecule has 21 heavy (non-hydrogen) atoms. The molecule has 3 nitrogen and oxygen atoms in total. The van der Waals surface area contributed by atoms with E-state index in [4.69, 9.17) is 0 Å². The topological polar surface area (TPSA) is 23.6 Å². The molecule has 0 N–H and O–H groups in total. The minimum absolute atomic E-state index is 0.276. The molecule has 1 amide bonds. The van der Waals surface area contributed by atoms with Gasteiger partial charge in [0.05, 0.1) is 6.42 Å². The smallest absolute Gasteiger partial charge is 0.227 e. The van der Waals surface area contributed by atoms with Crippen LogP contribution in [0.3, 0.4) is 0 Å². The molecule has 2 fully saturated rings. The van der Waals surface area contributed by atoms with Gasteiger partial charge in [0.15, 0.2) is 0 Å². The average Bonchev–Trinajstić information content (AvgIpc) is 3.34. The molecular weight excluding hydrogens is 260 g/mol. The van der Waals surface area contributed by atoms with Crippen molar-refractivity contribution >= 4 is 5.91 Å². The summed E-state index contributed by atoms with van der Waals surface area (Å²) >= 11 is 0. The molecule has 3 rings (SSSR count). The number of carbonyl (C=O) groups excluding carboxylic acids is 1. The van der Waals surface area contributed by atoms with Crippen molar-refractivity contribution < 1.29 is 4.79 Å². The third-order valence-electron chi connectivity index (χ3n) is 5.02. The molecule has 0 spiro atoms. The van der Waals surface area contributed by atoms with Crippen LogP contribution in [-0.4, -0.2) is 47.9 Å². The quantitative estimate of drug-likeness (QED) is 0.849. The fourth-order valence-corrected chi connectivity index (χ4v) is 3.25. The number of rotatable bonds is 4. The molecule has 1 unspecified atom stereocenters. The Kier molecular flexibility index (Phi) is 4.29. The maximum Gasteiger partial charge on any atom is 0.227 e. The van der Waals surface area contributed by atoms with Gasteiger partial charge in [-0.05, 0) is 38.2 Å². The average molecular weight is 286 g/mol. The van der Waals surface area contributed by atoms with Gasteiger partial charge in [-0.25, -0.2) is 0 Å². The predicted molar refractivity (Wildman–Crippen MR) is 85.2 cm³/mol. The van der Waals surface area contributed by atoms with E-state index in [1.807, 2.05) is 4.90 Å². The Morgan fingerprint density at radius 3 is 2.33 bits per heavy atom. The number of aryl methyl sites for hydroxylation is 1. The molecule has 1 saturated heterocycles. The van der Waals surface area contributed by atoms with Crippen LogP contribution < -0.4 is 0 Å². The summed E-state index contributed by atoms with van der Waals surface area (Å²) in [6.07, 6.45) is 3.33.